The Hall–Kier alpha value is -0.630. The Bertz CT molecular complexity index is 377. The summed E-state index contributed by atoms with van der Waals surface area (Å²) in [5.41, 5.74) is 0. The van der Waals surface area contributed by atoms with Gasteiger partial charge in [-0.1, -0.05) is 59.7 Å². The third kappa shape index (κ3) is 5.73. The highest BCUT2D eigenvalue weighted by Crippen LogP contribution is 2.10. The average Bonchev–Trinajstić information content (AvgIpc) is 2.25. The first kappa shape index (κ1) is 12.4. The molecule has 0 N–H and O–H groups in total. The van der Waals surface area contributed by atoms with Gasteiger partial charge in [-0.05, 0) is 24.3 Å². The molecule has 0 saturated carbocycles. The number of hydrogen-bond acceptors (Lipinski definition) is 1. The van der Waals surface area contributed by atoms with Crippen molar-refractivity contribution >= 4 is 40.3 Å². The molecule has 0 bridgehead atoms. The van der Waals surface area contributed by atoms with Gasteiger partial charge in [0.2, 0.25) is 0 Å². The van der Waals surface area contributed by atoms with Crippen LogP contribution in [0.25, 0.3) is 0 Å². The van der Waals surface area contributed by atoms with Gasteiger partial charge in [0.1, 0.15) is 0 Å². The molecule has 0 saturated heterocycles. The fourth-order valence-corrected chi connectivity index (χ4v) is 1.36. The molecule has 3 heteroatoms. The van der Waals surface area contributed by atoms with Crippen molar-refractivity contribution in [1.29, 1.82) is 0 Å². The van der Waals surface area contributed by atoms with Gasteiger partial charge in [-0.3, -0.25) is 0 Å². The summed E-state index contributed by atoms with van der Waals surface area (Å²) in [6.07, 6.45) is 6.40. The number of halogens is 2. The largest absolute Gasteiger partial charge is 0.0847 e. The van der Waals surface area contributed by atoms with Crippen LogP contribution in [0, 0.1) is 0 Å². The van der Waals surface area contributed by atoms with E-state index in [4.69, 9.17) is 35.4 Å². The van der Waals surface area contributed by atoms with Gasteiger partial charge in [0.05, 0.1) is 0 Å². The first-order valence-electron chi connectivity index (χ1n) is 4.45. The molecule has 1 aromatic carbocycles. The number of benzene rings is 1. The van der Waals surface area contributed by atoms with Crippen LogP contribution in [0.3, 0.4) is 0 Å². The molecule has 0 atom stereocenters. The van der Waals surface area contributed by atoms with Crippen LogP contribution in [-0.2, 0) is 0 Å². The lowest BCUT2D eigenvalue weighted by Crippen LogP contribution is -1.89. The summed E-state index contributed by atoms with van der Waals surface area (Å²) in [7, 11) is 0. The van der Waals surface area contributed by atoms with Crippen molar-refractivity contribution in [3.63, 3.8) is 0 Å². The molecule has 0 radical (unpaired) electrons. The molecule has 2 rings (SSSR count). The minimum Gasteiger partial charge on any atom is -0.0847 e. The van der Waals surface area contributed by atoms with Gasteiger partial charge in [-0.2, -0.15) is 0 Å². The van der Waals surface area contributed by atoms with E-state index in [1.807, 2.05) is 48.6 Å². The topological polar surface area (TPSA) is 0 Å². The molecule has 0 fully saturated rings. The molecule has 15 heavy (non-hydrogen) atoms. The molecule has 0 aliphatic heterocycles. The Morgan fingerprint density at radius 3 is 2.00 bits per heavy atom. The molecule has 0 heterocycles. The second-order valence-corrected chi connectivity index (χ2v) is 4.29. The quantitative estimate of drug-likeness (QED) is 0.603. The number of thiocarbonyl (C=S) groups is 1. The number of hydrogen-bond donors (Lipinski definition) is 0. The van der Waals surface area contributed by atoms with Crippen LogP contribution < -0.4 is 0 Å². The zero-order valence-corrected chi connectivity index (χ0v) is 10.3. The first-order valence-corrected chi connectivity index (χ1v) is 5.62. The van der Waals surface area contributed by atoms with Crippen LogP contribution in [0.4, 0.5) is 0 Å². The lowest BCUT2D eigenvalue weighted by molar-refractivity contribution is 1.49. The normalized spacial score (nSPS) is 14.0. The number of rotatable bonds is 0. The minimum atomic E-state index is 0.790. The molecule has 0 aromatic heterocycles. The Balaban J connectivity index is 0.000000151. The Kier molecular flexibility index (Phi) is 5.62. The van der Waals surface area contributed by atoms with E-state index in [1.54, 1.807) is 0 Å². The maximum absolute atomic E-state index is 5.60. The van der Waals surface area contributed by atoms with E-state index in [2.05, 4.69) is 0 Å². The van der Waals surface area contributed by atoms with Crippen LogP contribution in [0.15, 0.2) is 53.6 Å². The van der Waals surface area contributed by atoms with Crippen molar-refractivity contribution in [3.05, 3.63) is 58.6 Å². The zero-order valence-electron chi connectivity index (χ0n) is 7.99. The van der Waals surface area contributed by atoms with Crippen molar-refractivity contribution in [1.82, 2.24) is 0 Å². The fraction of sp³-hybridized carbons (Fsp3) is 0.0833. The van der Waals surface area contributed by atoms with E-state index >= 15 is 0 Å². The van der Waals surface area contributed by atoms with Crippen LogP contribution in [0.2, 0.25) is 5.02 Å². The molecule has 1 aromatic rings. The van der Waals surface area contributed by atoms with Gasteiger partial charge in [-0.25, -0.2) is 0 Å². The van der Waals surface area contributed by atoms with E-state index in [0.717, 1.165) is 21.3 Å². The van der Waals surface area contributed by atoms with Crippen LogP contribution in [0.1, 0.15) is 6.42 Å². The molecular formula is C12H10Cl2S. The summed E-state index contributed by atoms with van der Waals surface area (Å²) in [6, 6.07) is 9.44. The maximum atomic E-state index is 5.60. The van der Waals surface area contributed by atoms with E-state index in [0.29, 0.717) is 0 Å². The molecule has 0 nitrogen and oxygen atoms in total. The predicted molar refractivity (Wildman–Crippen MR) is 71.7 cm³/mol. The molecular weight excluding hydrogens is 247 g/mol. The van der Waals surface area contributed by atoms with Crippen LogP contribution >= 0.6 is 35.4 Å². The molecule has 0 amide bonds. The number of allylic oxidation sites excluding steroid dienone is 4. The lowest BCUT2D eigenvalue weighted by Gasteiger charge is -1.97. The van der Waals surface area contributed by atoms with Crippen LogP contribution in [-0.4, -0.2) is 4.86 Å². The van der Waals surface area contributed by atoms with Crippen molar-refractivity contribution in [2.75, 3.05) is 0 Å². The van der Waals surface area contributed by atoms with Gasteiger partial charge in [0, 0.05) is 21.3 Å². The monoisotopic (exact) mass is 256 g/mol. The minimum absolute atomic E-state index is 0.790. The summed E-state index contributed by atoms with van der Waals surface area (Å²) in [4.78, 5) is 0.953. The fourth-order valence-electron chi connectivity index (χ4n) is 0.921. The van der Waals surface area contributed by atoms with Gasteiger partial charge >= 0.3 is 0 Å². The highest BCUT2D eigenvalue weighted by molar-refractivity contribution is 7.80. The van der Waals surface area contributed by atoms with Gasteiger partial charge < -0.3 is 0 Å². The van der Waals surface area contributed by atoms with Crippen molar-refractivity contribution in [2.45, 2.75) is 6.42 Å². The molecule has 1 aliphatic carbocycles. The standard InChI is InChI=1S/C6H5ClS.C6H5Cl/c7-5-1-3-6(8)4-2-5;7-6-4-2-1-3-5-6/h1-3H,4H2;1-5H. The first-order chi connectivity index (χ1) is 7.18. The molecule has 0 unspecified atom stereocenters. The zero-order chi connectivity index (χ0) is 11.1. The van der Waals surface area contributed by atoms with Crippen molar-refractivity contribution in [3.8, 4) is 0 Å². The van der Waals surface area contributed by atoms with Crippen molar-refractivity contribution < 1.29 is 0 Å². The molecule has 78 valence electrons. The summed E-state index contributed by atoms with van der Waals surface area (Å²) >= 11 is 16.0. The Labute approximate surface area is 105 Å². The van der Waals surface area contributed by atoms with Crippen LogP contribution in [0.5, 0.6) is 0 Å². The maximum Gasteiger partial charge on any atom is 0.0405 e. The van der Waals surface area contributed by atoms with Gasteiger partial charge in [0.15, 0.2) is 0 Å². The summed E-state index contributed by atoms with van der Waals surface area (Å²) in [6.45, 7) is 0. The summed E-state index contributed by atoms with van der Waals surface area (Å²) in [5.74, 6) is 0. The van der Waals surface area contributed by atoms with Gasteiger partial charge in [0.25, 0.3) is 0 Å². The predicted octanol–water partition coefficient (Wildman–Crippen LogP) is 4.78. The van der Waals surface area contributed by atoms with Crippen molar-refractivity contribution in [2.24, 2.45) is 0 Å². The molecule has 0 spiro atoms. The molecule has 1 aliphatic rings. The van der Waals surface area contributed by atoms with Gasteiger partial charge in [-0.15, -0.1) is 0 Å². The lowest BCUT2D eigenvalue weighted by atomic mass is 10.2. The smallest absolute Gasteiger partial charge is 0.0405 e. The van der Waals surface area contributed by atoms with E-state index < -0.39 is 0 Å². The third-order valence-corrected chi connectivity index (χ3v) is 2.49. The highest BCUT2D eigenvalue weighted by atomic mass is 35.5. The highest BCUT2D eigenvalue weighted by Gasteiger charge is 1.95. The van der Waals surface area contributed by atoms with E-state index in [-0.39, 0.29) is 0 Å². The Morgan fingerprint density at radius 2 is 1.67 bits per heavy atom. The second-order valence-electron chi connectivity index (χ2n) is 2.89. The average molecular weight is 257 g/mol. The SMILES string of the molecule is Clc1ccccc1.S=C1C=CC(Cl)=CC1. The second kappa shape index (κ2) is 6.78. The summed E-state index contributed by atoms with van der Waals surface area (Å²) in [5, 5.41) is 1.58. The van der Waals surface area contributed by atoms with E-state index in [1.165, 1.54) is 0 Å². The Morgan fingerprint density at radius 1 is 1.00 bits per heavy atom. The summed E-state index contributed by atoms with van der Waals surface area (Å²) < 4.78 is 0. The third-order valence-electron chi connectivity index (χ3n) is 1.66. The van der Waals surface area contributed by atoms with E-state index in [9.17, 15) is 0 Å².